The number of ether oxygens (including phenoxy) is 1. The molecule has 1 aliphatic rings. The van der Waals surface area contributed by atoms with E-state index in [1.807, 2.05) is 76.9 Å². The van der Waals surface area contributed by atoms with Crippen molar-refractivity contribution in [3.8, 4) is 0 Å². The van der Waals surface area contributed by atoms with Crippen molar-refractivity contribution in [3.05, 3.63) is 52.0 Å². The van der Waals surface area contributed by atoms with Crippen molar-refractivity contribution in [2.75, 3.05) is 33.8 Å². The number of rotatable bonds is 22. The summed E-state index contributed by atoms with van der Waals surface area (Å²) in [6, 6.07) is 7.47. The monoisotopic (exact) mass is 798 g/mol. The van der Waals surface area contributed by atoms with Gasteiger partial charge in [-0.15, -0.1) is 11.3 Å². The summed E-state index contributed by atoms with van der Waals surface area (Å²) in [6.45, 7) is 12.6. The molecular formula is C42H66N6O7S. The number of aromatic nitrogens is 1. The van der Waals surface area contributed by atoms with Crippen LogP contribution < -0.4 is 16.0 Å². The van der Waals surface area contributed by atoms with Gasteiger partial charge in [-0.2, -0.15) is 0 Å². The minimum atomic E-state index is -1.15. The van der Waals surface area contributed by atoms with Crippen molar-refractivity contribution in [1.82, 2.24) is 30.7 Å². The number of aliphatic hydroxyl groups is 1. The van der Waals surface area contributed by atoms with Crippen molar-refractivity contribution >= 4 is 40.9 Å². The van der Waals surface area contributed by atoms with Gasteiger partial charge in [0.2, 0.25) is 17.7 Å². The Kier molecular flexibility index (Phi) is 19.4. The fourth-order valence-corrected chi connectivity index (χ4v) is 8.00. The van der Waals surface area contributed by atoms with Gasteiger partial charge in [0.1, 0.15) is 22.8 Å². The fraction of sp³-hybridized carbons (Fsp3) is 0.667. The van der Waals surface area contributed by atoms with E-state index in [1.54, 1.807) is 12.3 Å². The summed E-state index contributed by atoms with van der Waals surface area (Å²) in [6.07, 6.45) is 4.74. The normalized spacial score (nSPS) is 17.9. The van der Waals surface area contributed by atoms with Crippen LogP contribution in [0.1, 0.15) is 120 Å². The molecule has 14 heteroatoms. The molecule has 1 saturated heterocycles. The van der Waals surface area contributed by atoms with Gasteiger partial charge in [-0.05, 0) is 63.1 Å². The maximum atomic E-state index is 14.7. The first-order valence-corrected chi connectivity index (χ1v) is 21.2. The van der Waals surface area contributed by atoms with Crippen molar-refractivity contribution in [1.29, 1.82) is 0 Å². The lowest BCUT2D eigenvalue weighted by Gasteiger charge is -2.39. The van der Waals surface area contributed by atoms with Crippen LogP contribution in [-0.4, -0.2) is 107 Å². The van der Waals surface area contributed by atoms with Crippen LogP contribution in [0.15, 0.2) is 35.7 Å². The first-order valence-electron chi connectivity index (χ1n) is 20.3. The van der Waals surface area contributed by atoms with Gasteiger partial charge in [0.15, 0.2) is 0 Å². The number of carbonyl (C=O) groups is 5. The van der Waals surface area contributed by atoms with Crippen LogP contribution in [-0.2, 0) is 30.3 Å². The lowest BCUT2D eigenvalue weighted by Crippen LogP contribution is -2.60. The molecule has 0 saturated carbocycles. The van der Waals surface area contributed by atoms with Crippen LogP contribution in [0.3, 0.4) is 0 Å². The highest BCUT2D eigenvalue weighted by Crippen LogP contribution is 2.29. The van der Waals surface area contributed by atoms with Crippen LogP contribution >= 0.6 is 11.3 Å². The molecule has 2 heterocycles. The maximum Gasteiger partial charge on any atom is 0.308 e. The molecular weight excluding hydrogens is 733 g/mol. The van der Waals surface area contributed by atoms with Crippen LogP contribution in [0.2, 0.25) is 0 Å². The Labute approximate surface area is 337 Å². The quantitative estimate of drug-likeness (QED) is 0.0957. The lowest BCUT2D eigenvalue weighted by atomic mass is 9.92. The number of benzene rings is 1. The number of esters is 1. The first-order chi connectivity index (χ1) is 26.7. The second kappa shape index (κ2) is 23.4. The number of nitrogens with zero attached hydrogens (tertiary/aromatic N) is 3. The molecule has 4 amide bonds. The smallest absolute Gasteiger partial charge is 0.308 e. The molecule has 1 aliphatic heterocycles. The average Bonchev–Trinajstić information content (AvgIpc) is 3.69. The van der Waals surface area contributed by atoms with Crippen LogP contribution in [0.4, 0.5) is 0 Å². The standard InChI is InChI=1S/C42H66N6O7S/c1-9-11-20-43-36(50)25-48(41(53)37(28(5)10-2)46-39(52)33-19-15-16-21-47(33)7)34(27(3)4)24-35(49)40-45-32(26-56-40)38(51)44-31(22-29(6)42(54)55-8)23-30-17-13-12-14-18-30/h12-14,17-18,26-29,31,33-35,37,49H,9-11,15-16,19-25H2,1-8H3,(H,43,50)(H,44,51)(H,46,52)/t28-,29-,31+,33+,34+,35+,37-/m0/s1. The molecule has 312 valence electrons. The Bertz CT molecular complexity index is 1550. The lowest BCUT2D eigenvalue weighted by molar-refractivity contribution is -0.145. The zero-order valence-electron chi connectivity index (χ0n) is 34.7. The molecule has 1 aromatic carbocycles. The molecule has 2 aromatic rings. The van der Waals surface area contributed by atoms with Gasteiger partial charge < -0.3 is 30.7 Å². The van der Waals surface area contributed by atoms with E-state index in [1.165, 1.54) is 12.0 Å². The maximum absolute atomic E-state index is 14.7. The Hall–Kier alpha value is -3.88. The van der Waals surface area contributed by atoms with Gasteiger partial charge in [-0.25, -0.2) is 4.98 Å². The molecule has 3 rings (SSSR count). The SMILES string of the molecule is CCCCNC(=O)CN(C(=O)[C@@H](NC(=O)[C@H]1CCCCN1C)[C@@H](C)CC)[C@H](C[C@@H](O)c1nc(C(=O)N[C@@H](Cc2ccccc2)C[C@H](C)C(=O)OC)cs1)C(C)C. The number of piperidine rings is 1. The molecule has 13 nitrogen and oxygen atoms in total. The third-order valence-corrected chi connectivity index (χ3v) is 11.8. The molecule has 0 bridgehead atoms. The zero-order chi connectivity index (χ0) is 41.4. The fourth-order valence-electron chi connectivity index (χ4n) is 7.20. The number of carbonyl (C=O) groups excluding carboxylic acids is 5. The Morgan fingerprint density at radius 2 is 1.75 bits per heavy atom. The summed E-state index contributed by atoms with van der Waals surface area (Å²) in [5, 5.41) is 22.6. The van der Waals surface area contributed by atoms with Crippen LogP contribution in [0.25, 0.3) is 0 Å². The number of hydrogen-bond acceptors (Lipinski definition) is 10. The number of hydrogen-bond donors (Lipinski definition) is 4. The minimum absolute atomic E-state index is 0.0556. The van der Waals surface area contributed by atoms with E-state index in [4.69, 9.17) is 4.74 Å². The van der Waals surface area contributed by atoms with E-state index in [9.17, 15) is 29.1 Å². The molecule has 1 fully saturated rings. The second-order valence-corrected chi connectivity index (χ2v) is 16.6. The molecule has 56 heavy (non-hydrogen) atoms. The number of methoxy groups -OCH3 is 1. The van der Waals surface area contributed by atoms with Crippen molar-refractivity contribution in [3.63, 3.8) is 0 Å². The van der Waals surface area contributed by atoms with E-state index in [0.717, 1.165) is 49.1 Å². The third kappa shape index (κ3) is 13.9. The number of likely N-dealkylation sites (tertiary alicyclic amines) is 1. The summed E-state index contributed by atoms with van der Waals surface area (Å²) in [4.78, 5) is 75.5. The molecule has 7 atom stereocenters. The molecule has 0 radical (unpaired) electrons. The summed E-state index contributed by atoms with van der Waals surface area (Å²) in [5.74, 6) is -2.53. The zero-order valence-corrected chi connectivity index (χ0v) is 35.5. The summed E-state index contributed by atoms with van der Waals surface area (Å²) < 4.78 is 4.92. The summed E-state index contributed by atoms with van der Waals surface area (Å²) in [7, 11) is 3.26. The number of thiazole rings is 1. The largest absolute Gasteiger partial charge is 0.469 e. The Morgan fingerprint density at radius 1 is 1.04 bits per heavy atom. The van der Waals surface area contributed by atoms with E-state index in [2.05, 4.69) is 20.9 Å². The molecule has 0 aliphatic carbocycles. The van der Waals surface area contributed by atoms with Gasteiger partial charge in [0, 0.05) is 30.4 Å². The van der Waals surface area contributed by atoms with E-state index in [0.29, 0.717) is 37.2 Å². The number of aliphatic hydroxyl groups excluding tert-OH is 1. The van der Waals surface area contributed by atoms with Crippen LogP contribution in [0, 0.1) is 17.8 Å². The highest BCUT2D eigenvalue weighted by molar-refractivity contribution is 7.09. The number of unbranched alkanes of at least 4 members (excludes halogenated alkanes) is 1. The molecule has 1 aromatic heterocycles. The van der Waals surface area contributed by atoms with Gasteiger partial charge in [-0.1, -0.05) is 91.1 Å². The molecule has 4 N–H and O–H groups in total. The van der Waals surface area contributed by atoms with Gasteiger partial charge in [0.05, 0.1) is 25.6 Å². The molecule has 0 spiro atoms. The van der Waals surface area contributed by atoms with Gasteiger partial charge in [0.25, 0.3) is 5.91 Å². The Morgan fingerprint density at radius 3 is 2.38 bits per heavy atom. The Balaban J connectivity index is 1.86. The summed E-state index contributed by atoms with van der Waals surface area (Å²) in [5.41, 5.74) is 1.13. The van der Waals surface area contributed by atoms with E-state index < -0.39 is 30.0 Å². The van der Waals surface area contributed by atoms with E-state index in [-0.39, 0.29) is 66.3 Å². The highest BCUT2D eigenvalue weighted by atomic mass is 32.1. The minimum Gasteiger partial charge on any atom is -0.469 e. The highest BCUT2D eigenvalue weighted by Gasteiger charge is 2.39. The van der Waals surface area contributed by atoms with Crippen LogP contribution in [0.5, 0.6) is 0 Å². The number of likely N-dealkylation sites (N-methyl/N-ethyl adjacent to an activating group) is 1. The predicted octanol–water partition coefficient (Wildman–Crippen LogP) is 4.89. The summed E-state index contributed by atoms with van der Waals surface area (Å²) >= 11 is 1.14. The van der Waals surface area contributed by atoms with Crippen molar-refractivity contribution in [2.45, 2.75) is 130 Å². The number of nitrogens with one attached hydrogen (secondary N) is 3. The third-order valence-electron chi connectivity index (χ3n) is 10.9. The second-order valence-electron chi connectivity index (χ2n) is 15.7. The van der Waals surface area contributed by atoms with Gasteiger partial charge in [-0.3, -0.25) is 28.9 Å². The van der Waals surface area contributed by atoms with Crippen molar-refractivity contribution < 1.29 is 33.8 Å². The number of amides is 4. The topological polar surface area (TPSA) is 170 Å². The first kappa shape index (κ1) is 46.5. The average molecular weight is 799 g/mol. The van der Waals surface area contributed by atoms with Crippen molar-refractivity contribution in [2.24, 2.45) is 17.8 Å². The molecule has 0 unspecified atom stereocenters. The van der Waals surface area contributed by atoms with E-state index >= 15 is 0 Å². The van der Waals surface area contributed by atoms with Gasteiger partial charge >= 0.3 is 5.97 Å². The predicted molar refractivity (Wildman–Crippen MR) is 219 cm³/mol.